The first-order valence-electron chi connectivity index (χ1n) is 6.90. The van der Waals surface area contributed by atoms with Crippen LogP contribution in [-0.4, -0.2) is 74.0 Å². The SMILES string of the molecule is N[C@@H](CCNC(=O)NCCCN1CCOCC1)C(=O)O. The van der Waals surface area contributed by atoms with E-state index in [0.717, 1.165) is 39.3 Å². The van der Waals surface area contributed by atoms with Crippen LogP contribution in [-0.2, 0) is 9.53 Å². The number of carbonyl (C=O) groups is 2. The van der Waals surface area contributed by atoms with Crippen molar-refractivity contribution in [2.75, 3.05) is 45.9 Å². The third kappa shape index (κ3) is 7.27. The minimum atomic E-state index is -1.06. The Hall–Kier alpha value is -1.38. The van der Waals surface area contributed by atoms with Crippen LogP contribution in [0, 0.1) is 0 Å². The number of carbonyl (C=O) groups excluding carboxylic acids is 1. The number of nitrogens with one attached hydrogen (secondary N) is 2. The van der Waals surface area contributed by atoms with Gasteiger partial charge in [0.25, 0.3) is 0 Å². The van der Waals surface area contributed by atoms with Gasteiger partial charge >= 0.3 is 12.0 Å². The van der Waals surface area contributed by atoms with Crippen molar-refractivity contribution in [1.82, 2.24) is 15.5 Å². The number of ether oxygens (including phenoxy) is 1. The molecule has 0 radical (unpaired) electrons. The normalized spacial score (nSPS) is 17.4. The summed E-state index contributed by atoms with van der Waals surface area (Å²) in [6.07, 6.45) is 1.10. The van der Waals surface area contributed by atoms with E-state index in [1.807, 2.05) is 0 Å². The average Bonchev–Trinajstić information content (AvgIpc) is 2.44. The van der Waals surface area contributed by atoms with E-state index in [-0.39, 0.29) is 19.0 Å². The van der Waals surface area contributed by atoms with E-state index < -0.39 is 12.0 Å². The Morgan fingerprint density at radius 1 is 1.25 bits per heavy atom. The van der Waals surface area contributed by atoms with Crippen LogP contribution >= 0.6 is 0 Å². The van der Waals surface area contributed by atoms with Gasteiger partial charge in [-0.3, -0.25) is 9.69 Å². The molecular formula is C12H24N4O4. The van der Waals surface area contributed by atoms with Gasteiger partial charge in [0, 0.05) is 26.2 Å². The van der Waals surface area contributed by atoms with Crippen molar-refractivity contribution in [1.29, 1.82) is 0 Å². The van der Waals surface area contributed by atoms with Crippen LogP contribution in [0.1, 0.15) is 12.8 Å². The van der Waals surface area contributed by atoms with Crippen molar-refractivity contribution < 1.29 is 19.4 Å². The van der Waals surface area contributed by atoms with E-state index in [2.05, 4.69) is 15.5 Å². The van der Waals surface area contributed by atoms with E-state index in [1.54, 1.807) is 0 Å². The Labute approximate surface area is 118 Å². The zero-order valence-electron chi connectivity index (χ0n) is 11.6. The van der Waals surface area contributed by atoms with E-state index >= 15 is 0 Å². The molecule has 1 fully saturated rings. The zero-order chi connectivity index (χ0) is 14.8. The number of hydrogen-bond acceptors (Lipinski definition) is 5. The molecule has 1 atom stereocenters. The topological polar surface area (TPSA) is 117 Å². The highest BCUT2D eigenvalue weighted by Gasteiger charge is 2.11. The molecule has 0 unspecified atom stereocenters. The van der Waals surface area contributed by atoms with Gasteiger partial charge in [0.2, 0.25) is 0 Å². The van der Waals surface area contributed by atoms with Crippen molar-refractivity contribution >= 4 is 12.0 Å². The Bertz CT molecular complexity index is 308. The predicted molar refractivity (Wildman–Crippen MR) is 73.5 cm³/mol. The molecule has 116 valence electrons. The van der Waals surface area contributed by atoms with Gasteiger partial charge in [0.15, 0.2) is 0 Å². The fourth-order valence-electron chi connectivity index (χ4n) is 1.86. The number of nitrogens with zero attached hydrogens (tertiary/aromatic N) is 1. The lowest BCUT2D eigenvalue weighted by Crippen LogP contribution is -2.41. The molecule has 1 heterocycles. The fraction of sp³-hybridized carbons (Fsp3) is 0.833. The number of aliphatic carboxylic acids is 1. The van der Waals surface area contributed by atoms with Gasteiger partial charge in [0.05, 0.1) is 13.2 Å². The van der Waals surface area contributed by atoms with Gasteiger partial charge in [-0.1, -0.05) is 0 Å². The summed E-state index contributed by atoms with van der Waals surface area (Å²) < 4.78 is 5.25. The maximum absolute atomic E-state index is 11.4. The summed E-state index contributed by atoms with van der Waals surface area (Å²) in [5.74, 6) is -1.06. The van der Waals surface area contributed by atoms with Crippen LogP contribution in [0.15, 0.2) is 0 Å². The van der Waals surface area contributed by atoms with E-state index in [0.29, 0.717) is 6.54 Å². The van der Waals surface area contributed by atoms with Crippen molar-refractivity contribution in [2.24, 2.45) is 5.73 Å². The molecule has 20 heavy (non-hydrogen) atoms. The second-order valence-electron chi connectivity index (χ2n) is 4.72. The number of carboxylic acids is 1. The number of rotatable bonds is 8. The molecule has 0 saturated carbocycles. The number of carboxylic acid groups (broad SMARTS) is 1. The molecule has 8 heteroatoms. The first kappa shape index (κ1) is 16.7. The monoisotopic (exact) mass is 288 g/mol. The summed E-state index contributed by atoms with van der Waals surface area (Å²) in [7, 11) is 0. The Morgan fingerprint density at radius 2 is 1.90 bits per heavy atom. The lowest BCUT2D eigenvalue weighted by molar-refractivity contribution is -0.138. The van der Waals surface area contributed by atoms with E-state index in [9.17, 15) is 9.59 Å². The molecule has 0 aliphatic carbocycles. The van der Waals surface area contributed by atoms with Crippen LogP contribution in [0.2, 0.25) is 0 Å². The summed E-state index contributed by atoms with van der Waals surface area (Å²) in [4.78, 5) is 24.2. The summed E-state index contributed by atoms with van der Waals surface area (Å²) in [6, 6.07) is -1.22. The second kappa shape index (κ2) is 9.51. The Balaban J connectivity index is 1.95. The van der Waals surface area contributed by atoms with Crippen molar-refractivity contribution in [3.8, 4) is 0 Å². The van der Waals surface area contributed by atoms with Crippen LogP contribution in [0.3, 0.4) is 0 Å². The summed E-state index contributed by atoms with van der Waals surface area (Å²) in [5.41, 5.74) is 5.32. The number of urea groups is 1. The molecule has 0 aromatic rings. The van der Waals surface area contributed by atoms with Gasteiger partial charge in [-0.15, -0.1) is 0 Å². The number of morpholine rings is 1. The summed E-state index contributed by atoms with van der Waals surface area (Å²) in [5, 5.41) is 13.9. The molecular weight excluding hydrogens is 264 g/mol. The maximum atomic E-state index is 11.4. The average molecular weight is 288 g/mol. The molecule has 1 aliphatic heterocycles. The molecule has 1 saturated heterocycles. The third-order valence-electron chi connectivity index (χ3n) is 3.10. The maximum Gasteiger partial charge on any atom is 0.320 e. The van der Waals surface area contributed by atoms with Gasteiger partial charge in [-0.2, -0.15) is 0 Å². The predicted octanol–water partition coefficient (Wildman–Crippen LogP) is -1.19. The number of amides is 2. The molecule has 0 aromatic heterocycles. The molecule has 0 aromatic carbocycles. The van der Waals surface area contributed by atoms with Gasteiger partial charge in [-0.25, -0.2) is 4.79 Å². The molecule has 0 bridgehead atoms. The lowest BCUT2D eigenvalue weighted by atomic mass is 10.2. The Kier molecular flexibility index (Phi) is 7.93. The quantitative estimate of drug-likeness (QED) is 0.417. The summed E-state index contributed by atoms with van der Waals surface area (Å²) >= 11 is 0. The van der Waals surface area contributed by atoms with Crippen LogP contribution in [0.5, 0.6) is 0 Å². The third-order valence-corrected chi connectivity index (χ3v) is 3.10. The van der Waals surface area contributed by atoms with E-state index in [4.69, 9.17) is 15.6 Å². The highest BCUT2D eigenvalue weighted by molar-refractivity contribution is 5.74. The minimum Gasteiger partial charge on any atom is -0.480 e. The van der Waals surface area contributed by atoms with Gasteiger partial charge in [-0.05, 0) is 19.4 Å². The number of nitrogens with two attached hydrogens (primary N) is 1. The van der Waals surface area contributed by atoms with Crippen molar-refractivity contribution in [2.45, 2.75) is 18.9 Å². The number of hydrogen-bond donors (Lipinski definition) is 4. The van der Waals surface area contributed by atoms with Crippen LogP contribution in [0.4, 0.5) is 4.79 Å². The minimum absolute atomic E-state index is 0.219. The Morgan fingerprint density at radius 3 is 2.55 bits per heavy atom. The standard InChI is InChI=1S/C12H24N4O4/c13-10(11(17)18)2-4-15-12(19)14-3-1-5-16-6-8-20-9-7-16/h10H,1-9,13H2,(H,17,18)(H2,14,15,19)/t10-/m0/s1. The first-order valence-corrected chi connectivity index (χ1v) is 6.90. The lowest BCUT2D eigenvalue weighted by Gasteiger charge is -2.26. The summed E-state index contributed by atoms with van der Waals surface area (Å²) in [6.45, 7) is 5.22. The molecule has 5 N–H and O–H groups in total. The zero-order valence-corrected chi connectivity index (χ0v) is 11.6. The molecule has 2 amide bonds. The molecule has 1 aliphatic rings. The van der Waals surface area contributed by atoms with Crippen molar-refractivity contribution in [3.05, 3.63) is 0 Å². The van der Waals surface area contributed by atoms with Gasteiger partial charge in [0.1, 0.15) is 6.04 Å². The van der Waals surface area contributed by atoms with Crippen LogP contribution < -0.4 is 16.4 Å². The first-order chi connectivity index (χ1) is 9.59. The molecule has 1 rings (SSSR count). The highest BCUT2D eigenvalue weighted by atomic mass is 16.5. The smallest absolute Gasteiger partial charge is 0.320 e. The van der Waals surface area contributed by atoms with E-state index in [1.165, 1.54) is 0 Å². The fourth-order valence-corrected chi connectivity index (χ4v) is 1.86. The largest absolute Gasteiger partial charge is 0.480 e. The molecule has 8 nitrogen and oxygen atoms in total. The second-order valence-corrected chi connectivity index (χ2v) is 4.72. The highest BCUT2D eigenvalue weighted by Crippen LogP contribution is 1.97. The molecule has 0 spiro atoms. The van der Waals surface area contributed by atoms with Gasteiger partial charge < -0.3 is 26.2 Å². The van der Waals surface area contributed by atoms with Crippen molar-refractivity contribution in [3.63, 3.8) is 0 Å². The van der Waals surface area contributed by atoms with Crippen LogP contribution in [0.25, 0.3) is 0 Å².